The third kappa shape index (κ3) is 4.21. The van der Waals surface area contributed by atoms with Crippen molar-refractivity contribution in [2.45, 2.75) is 32.1 Å². The molecule has 142 valence electrons. The molecule has 2 saturated heterocycles. The van der Waals surface area contributed by atoms with E-state index in [1.807, 2.05) is 33.4 Å². The molecule has 0 aliphatic carbocycles. The Kier molecular flexibility index (Phi) is 5.25. The van der Waals surface area contributed by atoms with E-state index < -0.39 is 0 Å². The van der Waals surface area contributed by atoms with Gasteiger partial charge in [-0.25, -0.2) is 0 Å². The summed E-state index contributed by atoms with van der Waals surface area (Å²) >= 11 is 1.64. The summed E-state index contributed by atoms with van der Waals surface area (Å²) in [5, 5.41) is 4.07. The van der Waals surface area contributed by atoms with Crippen molar-refractivity contribution in [3.05, 3.63) is 52.5 Å². The molecule has 0 atom stereocenters. The summed E-state index contributed by atoms with van der Waals surface area (Å²) in [6, 6.07) is 5.85. The van der Waals surface area contributed by atoms with Crippen molar-refractivity contribution in [3.8, 4) is 0 Å². The summed E-state index contributed by atoms with van der Waals surface area (Å²) in [6.45, 7) is 3.30. The molecular formula is C21H25N3O2S. The lowest BCUT2D eigenvalue weighted by Gasteiger charge is -2.39. The first-order valence-corrected chi connectivity index (χ1v) is 10.5. The van der Waals surface area contributed by atoms with Gasteiger partial charge in [0.2, 0.25) is 11.8 Å². The second-order valence-corrected chi connectivity index (χ2v) is 8.57. The van der Waals surface area contributed by atoms with Crippen molar-refractivity contribution < 1.29 is 9.59 Å². The standard InChI is InChI=1S/C21H25N3O2S/c25-19(12-17-2-1-7-22-14-17)23-8-4-21(5-9-23)6-10-24(16-21)20(26)13-18-3-11-27-15-18/h1-3,7,11,14-15H,4-6,8-10,12-13,16H2. The molecule has 0 aromatic carbocycles. The molecule has 6 heteroatoms. The van der Waals surface area contributed by atoms with Gasteiger partial charge >= 0.3 is 0 Å². The Labute approximate surface area is 164 Å². The van der Waals surface area contributed by atoms with E-state index in [9.17, 15) is 9.59 Å². The molecule has 2 aromatic rings. The van der Waals surface area contributed by atoms with Crippen LogP contribution in [0, 0.1) is 5.41 Å². The summed E-state index contributed by atoms with van der Waals surface area (Å²) in [5.41, 5.74) is 2.28. The Balaban J connectivity index is 1.28. The average Bonchev–Trinajstić information content (AvgIpc) is 3.34. The number of carbonyl (C=O) groups excluding carboxylic acids is 2. The van der Waals surface area contributed by atoms with Crippen molar-refractivity contribution in [1.82, 2.24) is 14.8 Å². The number of piperidine rings is 1. The third-order valence-electron chi connectivity index (χ3n) is 5.98. The number of amides is 2. The Morgan fingerprint density at radius 3 is 2.37 bits per heavy atom. The van der Waals surface area contributed by atoms with E-state index in [4.69, 9.17) is 0 Å². The van der Waals surface area contributed by atoms with Gasteiger partial charge in [-0.05, 0) is 58.7 Å². The third-order valence-corrected chi connectivity index (χ3v) is 6.71. The number of hydrogen-bond acceptors (Lipinski definition) is 4. The van der Waals surface area contributed by atoms with Crippen LogP contribution in [0.5, 0.6) is 0 Å². The monoisotopic (exact) mass is 383 g/mol. The maximum Gasteiger partial charge on any atom is 0.227 e. The molecular weight excluding hydrogens is 358 g/mol. The molecule has 0 N–H and O–H groups in total. The highest BCUT2D eigenvalue weighted by atomic mass is 32.1. The predicted molar refractivity (Wildman–Crippen MR) is 105 cm³/mol. The summed E-state index contributed by atoms with van der Waals surface area (Å²) in [4.78, 5) is 33.2. The molecule has 2 fully saturated rings. The van der Waals surface area contributed by atoms with Crippen LogP contribution in [0.1, 0.15) is 30.4 Å². The van der Waals surface area contributed by atoms with E-state index in [0.29, 0.717) is 12.8 Å². The van der Waals surface area contributed by atoms with E-state index in [-0.39, 0.29) is 17.2 Å². The van der Waals surface area contributed by atoms with Gasteiger partial charge in [0.05, 0.1) is 12.8 Å². The number of carbonyl (C=O) groups is 2. The molecule has 0 bridgehead atoms. The summed E-state index contributed by atoms with van der Waals surface area (Å²) < 4.78 is 0. The minimum atomic E-state index is 0.182. The van der Waals surface area contributed by atoms with Crippen LogP contribution in [0.2, 0.25) is 0 Å². The van der Waals surface area contributed by atoms with Gasteiger partial charge in [-0.3, -0.25) is 14.6 Å². The van der Waals surface area contributed by atoms with Crippen molar-refractivity contribution in [2.75, 3.05) is 26.2 Å². The van der Waals surface area contributed by atoms with Crippen LogP contribution in [0.3, 0.4) is 0 Å². The van der Waals surface area contributed by atoms with Gasteiger partial charge in [0.25, 0.3) is 0 Å². The number of pyridine rings is 1. The minimum Gasteiger partial charge on any atom is -0.342 e. The first-order chi connectivity index (χ1) is 13.1. The first-order valence-electron chi connectivity index (χ1n) is 9.59. The lowest BCUT2D eigenvalue weighted by Crippen LogP contribution is -2.45. The zero-order chi connectivity index (χ0) is 18.7. The van der Waals surface area contributed by atoms with Crippen molar-refractivity contribution in [3.63, 3.8) is 0 Å². The number of likely N-dealkylation sites (tertiary alicyclic amines) is 2. The zero-order valence-corrected chi connectivity index (χ0v) is 16.3. The quantitative estimate of drug-likeness (QED) is 0.816. The van der Waals surface area contributed by atoms with E-state index in [1.165, 1.54) is 0 Å². The van der Waals surface area contributed by atoms with Crippen LogP contribution >= 0.6 is 11.3 Å². The zero-order valence-electron chi connectivity index (χ0n) is 15.5. The lowest BCUT2D eigenvalue weighted by atomic mass is 9.77. The largest absolute Gasteiger partial charge is 0.342 e. The molecule has 0 saturated carbocycles. The highest BCUT2D eigenvalue weighted by molar-refractivity contribution is 7.08. The number of rotatable bonds is 4. The van der Waals surface area contributed by atoms with E-state index in [0.717, 1.165) is 56.6 Å². The van der Waals surface area contributed by atoms with Gasteiger partial charge in [0, 0.05) is 38.6 Å². The predicted octanol–water partition coefficient (Wildman–Crippen LogP) is 2.77. The fourth-order valence-corrected chi connectivity index (χ4v) is 4.92. The fourth-order valence-electron chi connectivity index (χ4n) is 4.26. The molecule has 27 heavy (non-hydrogen) atoms. The highest BCUT2D eigenvalue weighted by Gasteiger charge is 2.42. The summed E-state index contributed by atoms with van der Waals surface area (Å²) in [5.74, 6) is 0.418. The van der Waals surface area contributed by atoms with Crippen LogP contribution in [0.25, 0.3) is 0 Å². The normalized spacial score (nSPS) is 18.8. The number of aromatic nitrogens is 1. The van der Waals surface area contributed by atoms with Gasteiger partial charge in [-0.1, -0.05) is 6.07 Å². The van der Waals surface area contributed by atoms with Gasteiger partial charge in [-0.15, -0.1) is 0 Å². The topological polar surface area (TPSA) is 53.5 Å². The van der Waals surface area contributed by atoms with E-state index >= 15 is 0 Å². The Hall–Kier alpha value is -2.21. The van der Waals surface area contributed by atoms with Crippen LogP contribution in [0.4, 0.5) is 0 Å². The molecule has 4 rings (SSSR count). The highest BCUT2D eigenvalue weighted by Crippen LogP contribution is 2.40. The molecule has 5 nitrogen and oxygen atoms in total. The second-order valence-electron chi connectivity index (χ2n) is 7.79. The second kappa shape index (κ2) is 7.80. The average molecular weight is 384 g/mol. The van der Waals surface area contributed by atoms with Gasteiger partial charge in [-0.2, -0.15) is 11.3 Å². The van der Waals surface area contributed by atoms with Crippen molar-refractivity contribution in [1.29, 1.82) is 0 Å². The Morgan fingerprint density at radius 2 is 1.70 bits per heavy atom. The molecule has 2 aromatic heterocycles. The van der Waals surface area contributed by atoms with Gasteiger partial charge in [0.15, 0.2) is 0 Å². The smallest absolute Gasteiger partial charge is 0.227 e. The number of nitrogens with zero attached hydrogens (tertiary/aromatic N) is 3. The maximum absolute atomic E-state index is 12.6. The van der Waals surface area contributed by atoms with Crippen LogP contribution in [0.15, 0.2) is 41.4 Å². The molecule has 4 heterocycles. The minimum absolute atomic E-state index is 0.182. The molecule has 2 aliphatic rings. The van der Waals surface area contributed by atoms with E-state index in [2.05, 4.69) is 10.4 Å². The Morgan fingerprint density at radius 1 is 1.00 bits per heavy atom. The van der Waals surface area contributed by atoms with E-state index in [1.54, 1.807) is 23.7 Å². The van der Waals surface area contributed by atoms with Crippen LogP contribution < -0.4 is 0 Å². The van der Waals surface area contributed by atoms with Crippen molar-refractivity contribution in [2.24, 2.45) is 5.41 Å². The lowest BCUT2D eigenvalue weighted by molar-refractivity contribution is -0.134. The Bertz CT molecular complexity index is 783. The molecule has 2 amide bonds. The molecule has 2 aliphatic heterocycles. The van der Waals surface area contributed by atoms with Crippen LogP contribution in [-0.2, 0) is 22.4 Å². The molecule has 1 spiro atoms. The first kappa shape index (κ1) is 18.2. The van der Waals surface area contributed by atoms with Gasteiger partial charge in [0.1, 0.15) is 0 Å². The number of thiophene rings is 1. The molecule has 0 unspecified atom stereocenters. The number of hydrogen-bond donors (Lipinski definition) is 0. The van der Waals surface area contributed by atoms with Gasteiger partial charge < -0.3 is 9.80 Å². The van der Waals surface area contributed by atoms with Crippen LogP contribution in [-0.4, -0.2) is 52.8 Å². The fraction of sp³-hybridized carbons (Fsp3) is 0.476. The van der Waals surface area contributed by atoms with Crippen molar-refractivity contribution >= 4 is 23.2 Å². The summed E-state index contributed by atoms with van der Waals surface area (Å²) in [6.07, 6.45) is 7.47. The maximum atomic E-state index is 12.6. The SMILES string of the molecule is O=C(Cc1cccnc1)N1CCC2(CC1)CCN(C(=O)Cc1ccsc1)C2. The molecule has 0 radical (unpaired) electrons. The summed E-state index contributed by atoms with van der Waals surface area (Å²) in [7, 11) is 0.